The zero-order chi connectivity index (χ0) is 13.7. The molecule has 0 saturated heterocycles. The van der Waals surface area contributed by atoms with Gasteiger partial charge in [0, 0.05) is 6.42 Å². The van der Waals surface area contributed by atoms with Gasteiger partial charge in [-0.2, -0.15) is 4.39 Å². The molecular formula is C13H16ClFN4. The number of aromatic amines is 1. The summed E-state index contributed by atoms with van der Waals surface area (Å²) in [5.74, 6) is 0.848. The number of H-pyrrole nitrogens is 1. The normalized spacial score (nSPS) is 10.7. The molecular weight excluding hydrogens is 267 g/mol. The van der Waals surface area contributed by atoms with Crippen molar-refractivity contribution < 1.29 is 4.39 Å². The van der Waals surface area contributed by atoms with Crippen molar-refractivity contribution in [2.24, 2.45) is 0 Å². The van der Waals surface area contributed by atoms with Gasteiger partial charge in [-0.15, -0.1) is 0 Å². The van der Waals surface area contributed by atoms with E-state index in [2.05, 4.69) is 27.2 Å². The van der Waals surface area contributed by atoms with Crippen LogP contribution in [0.4, 0.5) is 10.2 Å². The maximum atomic E-state index is 12.9. The summed E-state index contributed by atoms with van der Waals surface area (Å²) < 4.78 is 12.9. The lowest BCUT2D eigenvalue weighted by molar-refractivity contribution is 0.585. The molecule has 0 unspecified atom stereocenters. The van der Waals surface area contributed by atoms with Crippen molar-refractivity contribution >= 4 is 17.4 Å². The van der Waals surface area contributed by atoms with Crippen LogP contribution in [0.5, 0.6) is 0 Å². The molecule has 0 aliphatic rings. The minimum atomic E-state index is -0.510. The first kappa shape index (κ1) is 13.8. The van der Waals surface area contributed by atoms with Crippen LogP contribution in [0.3, 0.4) is 0 Å². The molecule has 0 radical (unpaired) electrons. The average Bonchev–Trinajstić information content (AvgIpc) is 2.75. The third-order valence-electron chi connectivity index (χ3n) is 2.71. The zero-order valence-electron chi connectivity index (χ0n) is 10.7. The molecule has 2 aromatic rings. The SMILES string of the molecule is CCCCc1nc(Cl)c(CNc2cccc(F)n2)[nH]1. The maximum Gasteiger partial charge on any atom is 0.214 e. The van der Waals surface area contributed by atoms with Crippen LogP contribution in [-0.4, -0.2) is 15.0 Å². The molecule has 19 heavy (non-hydrogen) atoms. The van der Waals surface area contributed by atoms with Gasteiger partial charge in [0.1, 0.15) is 11.6 Å². The summed E-state index contributed by atoms with van der Waals surface area (Å²) in [6, 6.07) is 4.61. The number of aromatic nitrogens is 3. The van der Waals surface area contributed by atoms with Gasteiger partial charge >= 0.3 is 0 Å². The van der Waals surface area contributed by atoms with Crippen LogP contribution in [0.2, 0.25) is 5.15 Å². The number of halogens is 2. The standard InChI is InChI=1S/C13H16ClFN4/c1-2-3-6-12-17-9(13(14)19-12)8-16-11-7-4-5-10(15)18-11/h4-5,7H,2-3,6,8H2,1H3,(H,16,18)(H,17,19). The Morgan fingerprint density at radius 3 is 2.95 bits per heavy atom. The first-order valence-electron chi connectivity index (χ1n) is 6.28. The van der Waals surface area contributed by atoms with Gasteiger partial charge in [0.25, 0.3) is 0 Å². The molecule has 2 N–H and O–H groups in total. The summed E-state index contributed by atoms with van der Waals surface area (Å²) in [5, 5.41) is 3.46. The second kappa shape index (κ2) is 6.52. The van der Waals surface area contributed by atoms with Crippen LogP contribution in [-0.2, 0) is 13.0 Å². The highest BCUT2D eigenvalue weighted by Gasteiger charge is 2.08. The van der Waals surface area contributed by atoms with Gasteiger partial charge in [-0.3, -0.25) is 0 Å². The van der Waals surface area contributed by atoms with Crippen LogP contribution in [0.25, 0.3) is 0 Å². The number of nitrogens with zero attached hydrogens (tertiary/aromatic N) is 2. The molecule has 0 atom stereocenters. The Morgan fingerprint density at radius 2 is 2.21 bits per heavy atom. The lowest BCUT2D eigenvalue weighted by Gasteiger charge is -2.03. The molecule has 0 aliphatic heterocycles. The highest BCUT2D eigenvalue weighted by Crippen LogP contribution is 2.15. The fourth-order valence-electron chi connectivity index (χ4n) is 1.71. The van der Waals surface area contributed by atoms with Crippen molar-refractivity contribution in [3.8, 4) is 0 Å². The number of hydrogen-bond donors (Lipinski definition) is 2. The van der Waals surface area contributed by atoms with Crippen LogP contribution in [0, 0.1) is 5.95 Å². The fourth-order valence-corrected chi connectivity index (χ4v) is 1.92. The van der Waals surface area contributed by atoms with Crippen LogP contribution < -0.4 is 5.32 Å². The largest absolute Gasteiger partial charge is 0.364 e. The molecule has 0 amide bonds. The summed E-state index contributed by atoms with van der Waals surface area (Å²) in [7, 11) is 0. The molecule has 0 saturated carbocycles. The third kappa shape index (κ3) is 3.92. The Balaban J connectivity index is 1.97. The zero-order valence-corrected chi connectivity index (χ0v) is 11.5. The van der Waals surface area contributed by atoms with E-state index in [0.717, 1.165) is 30.8 Å². The third-order valence-corrected chi connectivity index (χ3v) is 3.02. The van der Waals surface area contributed by atoms with Gasteiger partial charge < -0.3 is 10.3 Å². The fraction of sp³-hybridized carbons (Fsp3) is 0.385. The summed E-state index contributed by atoms with van der Waals surface area (Å²) in [6.07, 6.45) is 3.07. The van der Waals surface area contributed by atoms with E-state index in [1.165, 1.54) is 6.07 Å². The number of anilines is 1. The minimum Gasteiger partial charge on any atom is -0.364 e. The van der Waals surface area contributed by atoms with Crippen molar-refractivity contribution in [3.63, 3.8) is 0 Å². The number of imidazole rings is 1. The van der Waals surface area contributed by atoms with Crippen LogP contribution >= 0.6 is 11.6 Å². The molecule has 0 bridgehead atoms. The quantitative estimate of drug-likeness (QED) is 0.797. The van der Waals surface area contributed by atoms with E-state index in [4.69, 9.17) is 11.6 Å². The van der Waals surface area contributed by atoms with E-state index in [1.54, 1.807) is 12.1 Å². The number of nitrogens with one attached hydrogen (secondary N) is 2. The number of rotatable bonds is 6. The van der Waals surface area contributed by atoms with E-state index in [1.807, 2.05) is 0 Å². The van der Waals surface area contributed by atoms with Crippen molar-refractivity contribution in [1.82, 2.24) is 15.0 Å². The van der Waals surface area contributed by atoms with Gasteiger partial charge in [0.2, 0.25) is 5.95 Å². The molecule has 0 aromatic carbocycles. The monoisotopic (exact) mass is 282 g/mol. The topological polar surface area (TPSA) is 53.6 Å². The number of aryl methyl sites for hydroxylation is 1. The van der Waals surface area contributed by atoms with E-state index < -0.39 is 5.95 Å². The number of unbranched alkanes of at least 4 members (excludes halogenated alkanes) is 1. The smallest absolute Gasteiger partial charge is 0.214 e. The Hall–Kier alpha value is -1.62. The molecule has 2 heterocycles. The van der Waals surface area contributed by atoms with Crippen LogP contribution in [0.1, 0.15) is 31.3 Å². The van der Waals surface area contributed by atoms with E-state index in [9.17, 15) is 4.39 Å². The molecule has 4 nitrogen and oxygen atoms in total. The first-order valence-corrected chi connectivity index (χ1v) is 6.66. The van der Waals surface area contributed by atoms with Crippen molar-refractivity contribution in [2.75, 3.05) is 5.32 Å². The predicted octanol–water partition coefficient (Wildman–Crippen LogP) is 3.55. The Labute approximate surface area is 116 Å². The molecule has 6 heteroatoms. The highest BCUT2D eigenvalue weighted by atomic mass is 35.5. The van der Waals surface area contributed by atoms with Crippen LogP contribution in [0.15, 0.2) is 18.2 Å². The molecule has 2 rings (SSSR count). The summed E-state index contributed by atoms with van der Waals surface area (Å²) in [5.41, 5.74) is 0.791. The molecule has 0 aliphatic carbocycles. The van der Waals surface area contributed by atoms with Crippen molar-refractivity contribution in [3.05, 3.63) is 40.8 Å². The highest BCUT2D eigenvalue weighted by molar-refractivity contribution is 6.30. The minimum absolute atomic E-state index is 0.439. The lowest BCUT2D eigenvalue weighted by Crippen LogP contribution is -2.03. The predicted molar refractivity (Wildman–Crippen MR) is 73.7 cm³/mol. The lowest BCUT2D eigenvalue weighted by atomic mass is 10.2. The Kier molecular flexibility index (Phi) is 4.74. The Bertz CT molecular complexity index is 541. The molecule has 102 valence electrons. The molecule has 2 aromatic heterocycles. The summed E-state index contributed by atoms with van der Waals surface area (Å²) in [4.78, 5) is 11.1. The van der Waals surface area contributed by atoms with Crippen molar-refractivity contribution in [2.45, 2.75) is 32.7 Å². The van der Waals surface area contributed by atoms with E-state index in [0.29, 0.717) is 17.5 Å². The van der Waals surface area contributed by atoms with E-state index in [-0.39, 0.29) is 0 Å². The van der Waals surface area contributed by atoms with Gasteiger partial charge in [-0.25, -0.2) is 9.97 Å². The van der Waals surface area contributed by atoms with Gasteiger partial charge in [0.05, 0.1) is 12.2 Å². The van der Waals surface area contributed by atoms with Gasteiger partial charge in [0.15, 0.2) is 5.15 Å². The molecule has 0 spiro atoms. The number of pyridine rings is 1. The Morgan fingerprint density at radius 1 is 1.37 bits per heavy atom. The number of hydrogen-bond acceptors (Lipinski definition) is 3. The second-order valence-electron chi connectivity index (χ2n) is 4.26. The van der Waals surface area contributed by atoms with E-state index >= 15 is 0 Å². The van der Waals surface area contributed by atoms with Gasteiger partial charge in [-0.05, 0) is 18.6 Å². The second-order valence-corrected chi connectivity index (χ2v) is 4.61. The van der Waals surface area contributed by atoms with Gasteiger partial charge in [-0.1, -0.05) is 31.0 Å². The average molecular weight is 283 g/mol. The summed E-state index contributed by atoms with van der Waals surface area (Å²) in [6.45, 7) is 2.57. The molecule has 0 fully saturated rings. The van der Waals surface area contributed by atoms with Crippen molar-refractivity contribution in [1.29, 1.82) is 0 Å². The maximum absolute atomic E-state index is 12.9. The first-order chi connectivity index (χ1) is 9.19. The summed E-state index contributed by atoms with van der Waals surface area (Å²) >= 11 is 6.04.